The number of esters is 1. The maximum absolute atomic E-state index is 11.8. The van der Waals surface area contributed by atoms with E-state index in [1.807, 2.05) is 6.92 Å². The lowest BCUT2D eigenvalue weighted by Crippen LogP contribution is -2.51. The van der Waals surface area contributed by atoms with Gasteiger partial charge in [0.05, 0.1) is 15.9 Å². The summed E-state index contributed by atoms with van der Waals surface area (Å²) in [6.07, 6.45) is 8.28. The molecule has 5 rings (SSSR count). The van der Waals surface area contributed by atoms with Gasteiger partial charge in [-0.05, 0) is 80.1 Å². The lowest BCUT2D eigenvalue weighted by atomic mass is 9.47. The summed E-state index contributed by atoms with van der Waals surface area (Å²) < 4.78 is 5.56. The van der Waals surface area contributed by atoms with Gasteiger partial charge >= 0.3 is 11.7 Å². The van der Waals surface area contributed by atoms with Gasteiger partial charge in [0.2, 0.25) is 6.54 Å². The molecule has 3 fully saturated rings. The number of nitrogens with one attached hydrogen (secondary N) is 1. The van der Waals surface area contributed by atoms with Crippen molar-refractivity contribution in [3.63, 3.8) is 0 Å². The van der Waals surface area contributed by atoms with Gasteiger partial charge < -0.3 is 4.74 Å². The quantitative estimate of drug-likeness (QED) is 0.118. The van der Waals surface area contributed by atoms with Crippen LogP contribution in [0, 0.1) is 70.8 Å². The highest BCUT2D eigenvalue weighted by Crippen LogP contribution is 2.67. The van der Waals surface area contributed by atoms with Crippen LogP contribution in [0.1, 0.15) is 72.6 Å². The highest BCUT2D eigenvalue weighted by Gasteiger charge is 2.62. The van der Waals surface area contributed by atoms with Crippen LogP contribution in [0.2, 0.25) is 0 Å². The van der Waals surface area contributed by atoms with E-state index in [-0.39, 0.29) is 57.8 Å². The maximum Gasteiger partial charge on any atom is 0.302 e. The third kappa shape index (κ3) is 5.49. The van der Waals surface area contributed by atoms with Crippen LogP contribution in [0.25, 0.3) is 0 Å². The summed E-state index contributed by atoms with van der Waals surface area (Å²) >= 11 is 0. The number of hydrazone groups is 1. The van der Waals surface area contributed by atoms with Gasteiger partial charge in [0.15, 0.2) is 0 Å². The van der Waals surface area contributed by atoms with Crippen molar-refractivity contribution < 1.29 is 24.3 Å². The van der Waals surface area contributed by atoms with Gasteiger partial charge in [-0.1, -0.05) is 25.5 Å². The molecular weight excluding hydrogens is 558 g/mol. The zero-order valence-electron chi connectivity index (χ0n) is 25.0. The summed E-state index contributed by atoms with van der Waals surface area (Å²) in [7, 11) is 0. The Labute approximate surface area is 249 Å². The van der Waals surface area contributed by atoms with E-state index in [1.54, 1.807) is 0 Å². The highest BCUT2D eigenvalue weighted by atomic mass is 16.6. The average molecular weight is 598 g/mol. The Balaban J connectivity index is 1.43. The maximum atomic E-state index is 11.8. The Kier molecular flexibility index (Phi) is 8.03. The molecular formula is C30H39N5O8. The first-order chi connectivity index (χ1) is 20.2. The topological polar surface area (TPSA) is 180 Å². The zero-order chi connectivity index (χ0) is 31.3. The molecule has 43 heavy (non-hydrogen) atoms. The van der Waals surface area contributed by atoms with Gasteiger partial charge in [0.25, 0.3) is 5.69 Å². The number of nitro groups is 3. The van der Waals surface area contributed by atoms with Crippen molar-refractivity contribution in [2.45, 2.75) is 78.7 Å². The van der Waals surface area contributed by atoms with Crippen LogP contribution in [0.4, 0.5) is 17.1 Å². The number of rotatable bonds is 8. The second-order valence-electron chi connectivity index (χ2n) is 13.3. The number of anilines is 1. The van der Waals surface area contributed by atoms with E-state index in [2.05, 4.69) is 30.5 Å². The van der Waals surface area contributed by atoms with Crippen molar-refractivity contribution in [2.24, 2.45) is 45.5 Å². The van der Waals surface area contributed by atoms with E-state index in [4.69, 9.17) is 4.74 Å². The van der Waals surface area contributed by atoms with E-state index >= 15 is 0 Å². The molecule has 0 saturated heterocycles. The molecule has 1 N–H and O–H groups in total. The van der Waals surface area contributed by atoms with E-state index in [0.29, 0.717) is 24.0 Å². The normalized spacial score (nSPS) is 35.1. The fourth-order valence-corrected chi connectivity index (χ4v) is 9.43. The largest absolute Gasteiger partial charge is 0.462 e. The molecule has 1 aromatic rings. The number of benzene rings is 1. The minimum absolute atomic E-state index is 0.0110. The van der Waals surface area contributed by atoms with Crippen molar-refractivity contribution in [3.05, 3.63) is 60.2 Å². The Hall–Kier alpha value is -3.90. The van der Waals surface area contributed by atoms with Crippen LogP contribution >= 0.6 is 0 Å². The summed E-state index contributed by atoms with van der Waals surface area (Å²) in [5, 5.41) is 39.1. The predicted molar refractivity (Wildman–Crippen MR) is 158 cm³/mol. The Morgan fingerprint density at radius 1 is 1.07 bits per heavy atom. The molecule has 4 aliphatic carbocycles. The molecule has 0 heterocycles. The average Bonchev–Trinajstić information content (AvgIpc) is 3.22. The first-order valence-corrected chi connectivity index (χ1v) is 15.0. The number of hydrogen-bond donors (Lipinski definition) is 1. The van der Waals surface area contributed by atoms with Crippen LogP contribution in [-0.2, 0) is 9.53 Å². The molecule has 232 valence electrons. The number of hydrogen-bond acceptors (Lipinski definition) is 10. The molecule has 3 saturated carbocycles. The van der Waals surface area contributed by atoms with Gasteiger partial charge in [-0.25, -0.2) is 0 Å². The summed E-state index contributed by atoms with van der Waals surface area (Å²) in [6.45, 7) is 7.66. The van der Waals surface area contributed by atoms with E-state index in [1.165, 1.54) is 24.6 Å². The zero-order valence-corrected chi connectivity index (χ0v) is 25.0. The third-order valence-corrected chi connectivity index (χ3v) is 11.1. The minimum Gasteiger partial charge on any atom is -0.462 e. The summed E-state index contributed by atoms with van der Waals surface area (Å²) in [5.74, 6) is 0.372. The number of fused-ring (bicyclic) bond motifs is 5. The highest BCUT2D eigenvalue weighted by molar-refractivity contribution is 5.87. The third-order valence-electron chi connectivity index (χ3n) is 11.1. The van der Waals surface area contributed by atoms with Crippen LogP contribution < -0.4 is 5.43 Å². The predicted octanol–water partition coefficient (Wildman–Crippen LogP) is 6.30. The van der Waals surface area contributed by atoms with Gasteiger partial charge in [0, 0.05) is 41.9 Å². The van der Waals surface area contributed by atoms with Crippen molar-refractivity contribution in [2.75, 3.05) is 12.0 Å². The minimum atomic E-state index is -0.699. The molecule has 1 aromatic carbocycles. The smallest absolute Gasteiger partial charge is 0.302 e. The monoisotopic (exact) mass is 597 g/mol. The lowest BCUT2D eigenvalue weighted by molar-refractivity contribution is -0.489. The summed E-state index contributed by atoms with van der Waals surface area (Å²) in [5.41, 5.74) is 3.69. The van der Waals surface area contributed by atoms with E-state index in [0.717, 1.165) is 44.6 Å². The van der Waals surface area contributed by atoms with Gasteiger partial charge in [0.1, 0.15) is 11.8 Å². The number of nitro benzene ring substituents is 2. The molecule has 13 nitrogen and oxygen atoms in total. The van der Waals surface area contributed by atoms with Crippen molar-refractivity contribution in [1.82, 2.24) is 0 Å². The summed E-state index contributed by atoms with van der Waals surface area (Å²) in [6, 6.07) is 3.33. The standard InChI is InChI=1S/C30H39N5O8/c1-17(31-32-26-8-6-21(34(39)40)15-27(26)35(41)42)28-19(16-33(37)38)13-25-23-7-5-20-14-22(43-18(2)36)9-11-29(20,3)24(23)10-12-30(25,28)4/h5-6,8,15,19,22-25,28,32H,7,9-14,16H2,1-4H3/b31-17+/t19-,22-,23-,24-,25+,28-,29-,30-/m0/s1. The first-order valence-electron chi connectivity index (χ1n) is 15.0. The number of carbonyl (C=O) groups excluding carboxylic acids is 1. The fourth-order valence-electron chi connectivity index (χ4n) is 9.43. The Morgan fingerprint density at radius 3 is 2.47 bits per heavy atom. The fraction of sp³-hybridized carbons (Fsp3) is 0.667. The molecule has 13 heteroatoms. The number of non-ortho nitro benzene ring substituents is 1. The molecule has 8 atom stereocenters. The Morgan fingerprint density at radius 2 is 1.81 bits per heavy atom. The van der Waals surface area contributed by atoms with Crippen molar-refractivity contribution >= 4 is 28.7 Å². The van der Waals surface area contributed by atoms with E-state index in [9.17, 15) is 35.1 Å². The molecule has 0 radical (unpaired) electrons. The van der Waals surface area contributed by atoms with Crippen LogP contribution in [0.15, 0.2) is 34.9 Å². The van der Waals surface area contributed by atoms with Crippen LogP contribution in [0.3, 0.4) is 0 Å². The second-order valence-corrected chi connectivity index (χ2v) is 13.3. The van der Waals surface area contributed by atoms with Crippen LogP contribution in [-0.4, -0.2) is 39.1 Å². The lowest BCUT2D eigenvalue weighted by Gasteiger charge is -2.58. The number of allylic oxidation sites excluding steroid dienone is 1. The van der Waals surface area contributed by atoms with Gasteiger partial charge in [-0.2, -0.15) is 5.10 Å². The van der Waals surface area contributed by atoms with Crippen molar-refractivity contribution in [1.29, 1.82) is 0 Å². The molecule has 4 aliphatic rings. The molecule has 0 aromatic heterocycles. The Bertz CT molecular complexity index is 1410. The number of ether oxygens (including phenoxy) is 1. The molecule has 0 spiro atoms. The molecule has 0 amide bonds. The molecule has 0 unspecified atom stereocenters. The molecule has 0 aliphatic heterocycles. The summed E-state index contributed by atoms with van der Waals surface area (Å²) in [4.78, 5) is 44.5. The number of carbonyl (C=O) groups is 1. The number of nitrogens with zero attached hydrogens (tertiary/aromatic N) is 4. The molecule has 0 bridgehead atoms. The first kappa shape index (κ1) is 30.6. The van der Waals surface area contributed by atoms with Crippen molar-refractivity contribution in [3.8, 4) is 0 Å². The van der Waals surface area contributed by atoms with Gasteiger partial charge in [-0.15, -0.1) is 0 Å². The van der Waals surface area contributed by atoms with E-state index < -0.39 is 21.2 Å². The SMILES string of the molecule is CC(=O)O[C@H]1CC[C@@]2(C)C(=CC[C@@H]3[C@H]4C[C@@H](C[N+](=O)[O-])[C@H](/C(C)=N/Nc5ccc([N+](=O)[O-])cc5[N+](=O)[O-])[C@@]4(C)CC[C@@H]32)C1. The second kappa shape index (κ2) is 11.3. The van der Waals surface area contributed by atoms with Gasteiger partial charge in [-0.3, -0.25) is 40.6 Å². The van der Waals surface area contributed by atoms with Crippen LogP contribution in [0.5, 0.6) is 0 Å².